The molecule has 0 saturated carbocycles. The van der Waals surface area contributed by atoms with E-state index in [0.717, 1.165) is 29.6 Å². The van der Waals surface area contributed by atoms with Crippen LogP contribution in [-0.4, -0.2) is 27.9 Å². The number of benzene rings is 1. The maximum absolute atomic E-state index is 11.0. The second-order valence-corrected chi connectivity index (χ2v) is 7.00. The summed E-state index contributed by atoms with van der Waals surface area (Å²) in [7, 11) is -3.40. The van der Waals surface area contributed by atoms with Crippen molar-refractivity contribution < 1.29 is 17.3 Å². The Morgan fingerprint density at radius 2 is 2.17 bits per heavy atom. The zero-order chi connectivity index (χ0) is 13.4. The predicted octanol–water partition coefficient (Wildman–Crippen LogP) is 1.91. The van der Waals surface area contributed by atoms with Crippen LogP contribution in [0.1, 0.15) is 18.1 Å². The molecule has 18 heavy (non-hydrogen) atoms. The second-order valence-electron chi connectivity index (χ2n) is 5.35. The molecule has 0 N–H and O–H groups in total. The number of aryl methyl sites for hydroxylation is 1. The zero-order valence-electron chi connectivity index (χ0n) is 10.9. The SMILES string of the molecule is Cc1ccc2c(c1)OCC(C)(COS(C)(=O)=O)C2. The summed E-state index contributed by atoms with van der Waals surface area (Å²) in [6, 6.07) is 6.07. The second kappa shape index (κ2) is 4.55. The van der Waals surface area contributed by atoms with Crippen LogP contribution >= 0.6 is 0 Å². The van der Waals surface area contributed by atoms with Crippen LogP contribution in [-0.2, 0) is 20.7 Å². The van der Waals surface area contributed by atoms with E-state index < -0.39 is 10.1 Å². The van der Waals surface area contributed by atoms with Gasteiger partial charge in [0.2, 0.25) is 0 Å². The Bertz CT molecular complexity index is 550. The van der Waals surface area contributed by atoms with Crippen molar-refractivity contribution >= 4 is 10.1 Å². The zero-order valence-corrected chi connectivity index (χ0v) is 11.7. The average Bonchev–Trinajstić information content (AvgIpc) is 2.27. The van der Waals surface area contributed by atoms with Gasteiger partial charge >= 0.3 is 0 Å². The molecular formula is C13H18O4S. The van der Waals surface area contributed by atoms with Gasteiger partial charge in [0.05, 0.1) is 19.5 Å². The minimum atomic E-state index is -3.40. The van der Waals surface area contributed by atoms with Crippen LogP contribution in [0, 0.1) is 12.3 Å². The molecule has 0 aromatic heterocycles. The molecule has 1 aliphatic heterocycles. The summed E-state index contributed by atoms with van der Waals surface area (Å²) in [5, 5.41) is 0. The van der Waals surface area contributed by atoms with E-state index in [-0.39, 0.29) is 12.0 Å². The lowest BCUT2D eigenvalue weighted by atomic mass is 9.83. The number of hydrogen-bond donors (Lipinski definition) is 0. The Hall–Kier alpha value is -1.07. The first-order valence-corrected chi connectivity index (χ1v) is 7.66. The topological polar surface area (TPSA) is 52.6 Å². The minimum Gasteiger partial charge on any atom is -0.493 e. The van der Waals surface area contributed by atoms with Crippen molar-refractivity contribution in [1.82, 2.24) is 0 Å². The number of ether oxygens (including phenoxy) is 1. The fourth-order valence-corrected chi connectivity index (χ4v) is 2.55. The molecule has 2 rings (SSSR count). The van der Waals surface area contributed by atoms with Gasteiger partial charge in [-0.15, -0.1) is 0 Å². The summed E-state index contributed by atoms with van der Waals surface area (Å²) in [6.45, 7) is 4.61. The Morgan fingerprint density at radius 1 is 1.44 bits per heavy atom. The normalized spacial score (nSPS) is 23.3. The third kappa shape index (κ3) is 3.23. The number of fused-ring (bicyclic) bond motifs is 1. The third-order valence-electron chi connectivity index (χ3n) is 3.04. The van der Waals surface area contributed by atoms with Crippen LogP contribution in [0.25, 0.3) is 0 Å². The van der Waals surface area contributed by atoms with Crippen molar-refractivity contribution in [2.24, 2.45) is 5.41 Å². The highest BCUT2D eigenvalue weighted by Crippen LogP contribution is 2.35. The number of hydrogen-bond acceptors (Lipinski definition) is 4. The molecule has 4 nitrogen and oxygen atoms in total. The van der Waals surface area contributed by atoms with Gasteiger partial charge in [0.1, 0.15) is 5.75 Å². The molecule has 1 aromatic rings. The lowest BCUT2D eigenvalue weighted by Gasteiger charge is -2.34. The lowest BCUT2D eigenvalue weighted by Crippen LogP contribution is -2.37. The maximum Gasteiger partial charge on any atom is 0.264 e. The van der Waals surface area contributed by atoms with Gasteiger partial charge in [0.25, 0.3) is 10.1 Å². The molecule has 5 heteroatoms. The molecular weight excluding hydrogens is 252 g/mol. The molecule has 0 saturated heterocycles. The first-order valence-electron chi connectivity index (χ1n) is 5.84. The largest absolute Gasteiger partial charge is 0.493 e. The average molecular weight is 270 g/mol. The minimum absolute atomic E-state index is 0.152. The van der Waals surface area contributed by atoms with Crippen LogP contribution in [0.15, 0.2) is 18.2 Å². The fourth-order valence-electron chi connectivity index (χ4n) is 2.05. The van der Waals surface area contributed by atoms with Crippen molar-refractivity contribution in [3.8, 4) is 5.75 Å². The van der Waals surface area contributed by atoms with E-state index >= 15 is 0 Å². The summed E-state index contributed by atoms with van der Waals surface area (Å²) in [5.74, 6) is 0.895. The van der Waals surface area contributed by atoms with E-state index in [1.807, 2.05) is 32.0 Å². The van der Waals surface area contributed by atoms with Crippen LogP contribution < -0.4 is 4.74 Å². The van der Waals surface area contributed by atoms with E-state index in [2.05, 4.69) is 0 Å². The van der Waals surface area contributed by atoms with Crippen LogP contribution in [0.3, 0.4) is 0 Å². The molecule has 1 heterocycles. The Labute approximate surface area is 108 Å². The number of rotatable bonds is 3. The van der Waals surface area contributed by atoms with Gasteiger partial charge in [-0.3, -0.25) is 4.18 Å². The van der Waals surface area contributed by atoms with Gasteiger partial charge in [-0.1, -0.05) is 19.1 Å². The highest BCUT2D eigenvalue weighted by atomic mass is 32.2. The van der Waals surface area contributed by atoms with E-state index in [9.17, 15) is 8.42 Å². The Kier molecular flexibility index (Phi) is 3.38. The highest BCUT2D eigenvalue weighted by Gasteiger charge is 2.32. The smallest absolute Gasteiger partial charge is 0.264 e. The fraction of sp³-hybridized carbons (Fsp3) is 0.538. The summed E-state index contributed by atoms with van der Waals surface area (Å²) in [6.07, 6.45) is 1.83. The van der Waals surface area contributed by atoms with Crippen molar-refractivity contribution in [3.63, 3.8) is 0 Å². The molecule has 0 bridgehead atoms. The van der Waals surface area contributed by atoms with Crippen molar-refractivity contribution in [1.29, 1.82) is 0 Å². The van der Waals surface area contributed by atoms with Gasteiger partial charge < -0.3 is 4.74 Å². The van der Waals surface area contributed by atoms with Crippen LogP contribution in [0.5, 0.6) is 5.75 Å². The van der Waals surface area contributed by atoms with Crippen molar-refractivity contribution in [2.45, 2.75) is 20.3 Å². The lowest BCUT2D eigenvalue weighted by molar-refractivity contribution is 0.0816. The first kappa shape index (κ1) is 13.4. The molecule has 0 aliphatic carbocycles. The molecule has 0 amide bonds. The molecule has 1 aromatic carbocycles. The van der Waals surface area contributed by atoms with E-state index in [1.165, 1.54) is 0 Å². The molecule has 0 radical (unpaired) electrons. The summed E-state index contributed by atoms with van der Waals surface area (Å²) in [5.41, 5.74) is 1.96. The Morgan fingerprint density at radius 3 is 2.83 bits per heavy atom. The monoisotopic (exact) mass is 270 g/mol. The van der Waals surface area contributed by atoms with E-state index in [0.29, 0.717) is 6.61 Å². The molecule has 1 unspecified atom stereocenters. The van der Waals surface area contributed by atoms with Gasteiger partial charge in [-0.2, -0.15) is 8.42 Å². The van der Waals surface area contributed by atoms with E-state index in [4.69, 9.17) is 8.92 Å². The quantitative estimate of drug-likeness (QED) is 0.787. The molecule has 0 fully saturated rings. The maximum atomic E-state index is 11.0. The van der Waals surface area contributed by atoms with Gasteiger partial charge in [-0.25, -0.2) is 0 Å². The molecule has 0 spiro atoms. The first-order chi connectivity index (χ1) is 8.27. The van der Waals surface area contributed by atoms with Crippen LogP contribution in [0.4, 0.5) is 0 Å². The summed E-state index contributed by atoms with van der Waals surface area (Å²) < 4.78 is 32.7. The van der Waals surface area contributed by atoms with Crippen LogP contribution in [0.2, 0.25) is 0 Å². The van der Waals surface area contributed by atoms with Crippen molar-refractivity contribution in [3.05, 3.63) is 29.3 Å². The van der Waals surface area contributed by atoms with Gasteiger partial charge in [0, 0.05) is 5.41 Å². The Balaban J connectivity index is 2.13. The highest BCUT2D eigenvalue weighted by molar-refractivity contribution is 7.85. The predicted molar refractivity (Wildman–Crippen MR) is 69.3 cm³/mol. The standard InChI is InChI=1S/C13H18O4S/c1-10-4-5-11-7-13(2,8-16-12(11)6-10)9-17-18(3,14)15/h4-6H,7-9H2,1-3H3. The van der Waals surface area contributed by atoms with E-state index in [1.54, 1.807) is 0 Å². The molecule has 1 atom stereocenters. The van der Waals surface area contributed by atoms with Gasteiger partial charge in [-0.05, 0) is 30.5 Å². The van der Waals surface area contributed by atoms with Gasteiger partial charge in [0.15, 0.2) is 0 Å². The molecule has 1 aliphatic rings. The molecule has 100 valence electrons. The van der Waals surface area contributed by atoms with Crippen molar-refractivity contribution in [2.75, 3.05) is 19.5 Å². The summed E-state index contributed by atoms with van der Waals surface area (Å²) in [4.78, 5) is 0. The summed E-state index contributed by atoms with van der Waals surface area (Å²) >= 11 is 0. The third-order valence-corrected chi connectivity index (χ3v) is 3.58.